The van der Waals surface area contributed by atoms with Crippen molar-refractivity contribution < 1.29 is 4.42 Å². The van der Waals surface area contributed by atoms with E-state index in [-0.39, 0.29) is 5.41 Å². The summed E-state index contributed by atoms with van der Waals surface area (Å²) in [6, 6.07) is 37.5. The van der Waals surface area contributed by atoms with Gasteiger partial charge in [-0.25, -0.2) is 0 Å². The summed E-state index contributed by atoms with van der Waals surface area (Å²) in [6.45, 7) is 0. The molecule has 0 amide bonds. The van der Waals surface area contributed by atoms with Crippen LogP contribution in [0, 0.1) is 0 Å². The van der Waals surface area contributed by atoms with Crippen molar-refractivity contribution in [1.82, 2.24) is 0 Å². The second-order valence-electron chi connectivity index (χ2n) is 8.99. The Morgan fingerprint density at radius 3 is 2.09 bits per heavy atom. The van der Waals surface area contributed by atoms with Gasteiger partial charge in [-0.1, -0.05) is 94.8 Å². The first-order valence-electron chi connectivity index (χ1n) is 11.2. The molecule has 0 fully saturated rings. The van der Waals surface area contributed by atoms with Gasteiger partial charge in [-0.15, -0.1) is 0 Å². The molecule has 6 aromatic rings. The van der Waals surface area contributed by atoms with Crippen molar-refractivity contribution in [1.29, 1.82) is 0 Å². The summed E-state index contributed by atoms with van der Waals surface area (Å²) in [5.74, 6) is 0. The molecule has 1 nitrogen and oxygen atoms in total. The first-order chi connectivity index (χ1) is 16.3. The molecule has 0 saturated carbocycles. The zero-order valence-electron chi connectivity index (χ0n) is 17.6. The molecular weight excluding hydrogens is 468 g/mol. The zero-order valence-corrected chi connectivity index (χ0v) is 19.2. The van der Waals surface area contributed by atoms with Gasteiger partial charge >= 0.3 is 0 Å². The average molecular weight is 485 g/mol. The monoisotopic (exact) mass is 484 g/mol. The molecule has 0 N–H and O–H groups in total. The maximum atomic E-state index is 6.29. The van der Waals surface area contributed by atoms with E-state index >= 15 is 0 Å². The highest BCUT2D eigenvalue weighted by Crippen LogP contribution is 2.64. The Labute approximate surface area is 199 Å². The van der Waals surface area contributed by atoms with Gasteiger partial charge in [0.05, 0.1) is 5.41 Å². The van der Waals surface area contributed by atoms with Crippen LogP contribution in [0.25, 0.3) is 44.2 Å². The maximum Gasteiger partial charge on any atom is 0.136 e. The summed E-state index contributed by atoms with van der Waals surface area (Å²) < 4.78 is 7.40. The first kappa shape index (κ1) is 17.9. The molecule has 8 rings (SSSR count). The summed E-state index contributed by atoms with van der Waals surface area (Å²) in [4.78, 5) is 0. The molecule has 0 bridgehead atoms. The Morgan fingerprint density at radius 1 is 0.545 bits per heavy atom. The van der Waals surface area contributed by atoms with E-state index < -0.39 is 0 Å². The maximum absolute atomic E-state index is 6.29. The van der Waals surface area contributed by atoms with Gasteiger partial charge in [-0.05, 0) is 68.8 Å². The Morgan fingerprint density at radius 2 is 1.21 bits per heavy atom. The van der Waals surface area contributed by atoms with Crippen molar-refractivity contribution in [3.63, 3.8) is 0 Å². The van der Waals surface area contributed by atoms with Gasteiger partial charge in [0.1, 0.15) is 11.2 Å². The van der Waals surface area contributed by atoms with Crippen molar-refractivity contribution in [3.05, 3.63) is 130 Å². The number of para-hydroxylation sites is 1. The van der Waals surface area contributed by atoms with Crippen LogP contribution >= 0.6 is 15.9 Å². The number of halogens is 1. The molecule has 2 aliphatic carbocycles. The minimum atomic E-state index is -0.328. The smallest absolute Gasteiger partial charge is 0.136 e. The second kappa shape index (κ2) is 6.03. The highest BCUT2D eigenvalue weighted by molar-refractivity contribution is 9.10. The van der Waals surface area contributed by atoms with Crippen LogP contribution < -0.4 is 0 Å². The molecule has 2 heteroatoms. The van der Waals surface area contributed by atoms with Crippen LogP contribution in [0.1, 0.15) is 22.3 Å². The van der Waals surface area contributed by atoms with Gasteiger partial charge in [0, 0.05) is 15.2 Å². The summed E-state index contributed by atoms with van der Waals surface area (Å²) in [5.41, 5.74) is 12.2. The highest BCUT2D eigenvalue weighted by Gasteiger charge is 2.52. The Hall–Kier alpha value is -3.62. The van der Waals surface area contributed by atoms with E-state index in [1.807, 2.05) is 6.07 Å². The van der Waals surface area contributed by atoms with Crippen LogP contribution in [-0.4, -0.2) is 0 Å². The van der Waals surface area contributed by atoms with Gasteiger partial charge in [0.15, 0.2) is 0 Å². The number of rotatable bonds is 0. The van der Waals surface area contributed by atoms with E-state index in [9.17, 15) is 0 Å². The first-order valence-corrected chi connectivity index (χ1v) is 12.0. The minimum Gasteiger partial charge on any atom is -0.456 e. The lowest BCUT2D eigenvalue weighted by atomic mass is 9.70. The van der Waals surface area contributed by atoms with Crippen LogP contribution in [0.2, 0.25) is 0 Å². The molecule has 5 aromatic carbocycles. The zero-order chi connectivity index (χ0) is 21.7. The fraction of sp³-hybridized carbons (Fsp3) is 0.0323. The van der Waals surface area contributed by atoms with Crippen molar-refractivity contribution in [2.45, 2.75) is 5.41 Å². The van der Waals surface area contributed by atoms with Crippen molar-refractivity contribution in [2.24, 2.45) is 0 Å². The standard InChI is InChI=1S/C31H17BrO/c32-18-13-14-25-22(17-18)19-7-1-4-10-23(19)31(25)24-11-5-2-8-20(24)29-26(31)15-16-28-30(29)21-9-3-6-12-27(21)33-28/h1-17H. The fourth-order valence-electron chi connectivity index (χ4n) is 6.42. The van der Waals surface area contributed by atoms with Crippen LogP contribution in [0.4, 0.5) is 0 Å². The molecule has 0 radical (unpaired) electrons. The molecule has 1 unspecified atom stereocenters. The third kappa shape index (κ3) is 2.00. The van der Waals surface area contributed by atoms with Crippen LogP contribution in [0.3, 0.4) is 0 Å². The quantitative estimate of drug-likeness (QED) is 0.209. The van der Waals surface area contributed by atoms with Crippen molar-refractivity contribution in [2.75, 3.05) is 0 Å². The Balaban J connectivity index is 1.64. The molecule has 1 aromatic heterocycles. The predicted molar refractivity (Wildman–Crippen MR) is 138 cm³/mol. The number of furan rings is 1. The average Bonchev–Trinajstić information content (AvgIpc) is 3.47. The normalized spacial score (nSPS) is 17.4. The van der Waals surface area contributed by atoms with Crippen LogP contribution in [0.5, 0.6) is 0 Å². The molecule has 1 atom stereocenters. The molecular formula is C31H17BrO. The number of hydrogen-bond acceptors (Lipinski definition) is 1. The molecule has 0 saturated heterocycles. The molecule has 1 spiro atoms. The SMILES string of the molecule is Brc1ccc2c(c1)-c1ccccc1C21c2ccccc2-c2c1ccc1oc3ccccc3c21. The fourth-order valence-corrected chi connectivity index (χ4v) is 6.78. The third-order valence-electron chi connectivity index (χ3n) is 7.55. The topological polar surface area (TPSA) is 13.1 Å². The van der Waals surface area contributed by atoms with E-state index in [1.54, 1.807) is 0 Å². The molecule has 154 valence electrons. The van der Waals surface area contributed by atoms with Crippen molar-refractivity contribution in [3.8, 4) is 22.3 Å². The lowest BCUT2D eigenvalue weighted by Crippen LogP contribution is -2.25. The van der Waals surface area contributed by atoms with E-state index in [0.29, 0.717) is 0 Å². The third-order valence-corrected chi connectivity index (χ3v) is 8.05. The second-order valence-corrected chi connectivity index (χ2v) is 9.91. The number of benzene rings is 5. The van der Waals surface area contributed by atoms with Crippen LogP contribution in [0.15, 0.2) is 112 Å². The van der Waals surface area contributed by atoms with E-state index in [0.717, 1.165) is 15.6 Å². The molecule has 0 aliphatic heterocycles. The van der Waals surface area contributed by atoms with Gasteiger partial charge < -0.3 is 4.42 Å². The molecule has 33 heavy (non-hydrogen) atoms. The van der Waals surface area contributed by atoms with Gasteiger partial charge in [0.25, 0.3) is 0 Å². The summed E-state index contributed by atoms with van der Waals surface area (Å²) in [7, 11) is 0. The summed E-state index contributed by atoms with van der Waals surface area (Å²) >= 11 is 3.72. The van der Waals surface area contributed by atoms with Gasteiger partial charge in [-0.3, -0.25) is 0 Å². The van der Waals surface area contributed by atoms with Gasteiger partial charge in [0.2, 0.25) is 0 Å². The Kier molecular flexibility index (Phi) is 3.27. The minimum absolute atomic E-state index is 0.328. The highest BCUT2D eigenvalue weighted by atomic mass is 79.9. The molecule has 1 heterocycles. The summed E-state index contributed by atoms with van der Waals surface area (Å²) in [6.07, 6.45) is 0. The number of fused-ring (bicyclic) bond motifs is 14. The summed E-state index contributed by atoms with van der Waals surface area (Å²) in [5, 5.41) is 2.40. The lowest BCUT2D eigenvalue weighted by Gasteiger charge is -2.30. The molecule has 2 aliphatic rings. The van der Waals surface area contributed by atoms with E-state index in [1.165, 1.54) is 55.3 Å². The van der Waals surface area contributed by atoms with Gasteiger partial charge in [-0.2, -0.15) is 0 Å². The largest absolute Gasteiger partial charge is 0.456 e. The Bertz CT molecular complexity index is 1790. The predicted octanol–water partition coefficient (Wildman–Crippen LogP) is 8.69. The number of hydrogen-bond donors (Lipinski definition) is 0. The van der Waals surface area contributed by atoms with E-state index in [2.05, 4.69) is 113 Å². The van der Waals surface area contributed by atoms with E-state index in [4.69, 9.17) is 4.42 Å². The lowest BCUT2D eigenvalue weighted by molar-refractivity contribution is 0.668. The van der Waals surface area contributed by atoms with Crippen LogP contribution in [-0.2, 0) is 5.41 Å². The van der Waals surface area contributed by atoms with Crippen molar-refractivity contribution >= 4 is 37.9 Å².